The van der Waals surface area contributed by atoms with E-state index in [0.717, 1.165) is 77.0 Å². The molecule has 0 aliphatic heterocycles. The molecule has 6 heteroatoms. The zero-order valence-corrected chi connectivity index (χ0v) is 54.6. The number of carbonyl (C=O) groups is 3. The summed E-state index contributed by atoms with van der Waals surface area (Å²) in [4.78, 5) is 38.0. The van der Waals surface area contributed by atoms with Crippen LogP contribution >= 0.6 is 0 Å². The Morgan fingerprint density at radius 1 is 0.247 bits per heavy atom. The summed E-state index contributed by atoms with van der Waals surface area (Å²) in [6.45, 7) is 6.59. The molecule has 0 amide bonds. The summed E-state index contributed by atoms with van der Waals surface area (Å²) < 4.78 is 16.8. The molecule has 0 aromatic rings. The smallest absolute Gasteiger partial charge is 0.306 e. The molecule has 1 atom stereocenters. The first-order valence-corrected chi connectivity index (χ1v) is 36.1. The highest BCUT2D eigenvalue weighted by Gasteiger charge is 2.19. The van der Waals surface area contributed by atoms with E-state index in [9.17, 15) is 14.4 Å². The van der Waals surface area contributed by atoms with Crippen molar-refractivity contribution in [2.75, 3.05) is 13.2 Å². The molecule has 0 bridgehead atoms. The van der Waals surface area contributed by atoms with Crippen molar-refractivity contribution >= 4 is 17.9 Å². The van der Waals surface area contributed by atoms with Crippen LogP contribution in [0.5, 0.6) is 0 Å². The fourth-order valence-corrected chi connectivity index (χ4v) is 10.9. The van der Waals surface area contributed by atoms with Gasteiger partial charge in [-0.05, 0) is 83.5 Å². The maximum Gasteiger partial charge on any atom is 0.306 e. The molecule has 1 unspecified atom stereocenters. The summed E-state index contributed by atoms with van der Waals surface area (Å²) in [6.07, 6.45) is 89.3. The minimum atomic E-state index is -0.769. The van der Waals surface area contributed by atoms with Crippen molar-refractivity contribution in [1.82, 2.24) is 0 Å². The second-order valence-electron chi connectivity index (χ2n) is 24.5. The molecule has 0 aliphatic carbocycles. The molecule has 0 N–H and O–H groups in total. The Morgan fingerprint density at radius 2 is 0.444 bits per heavy atom. The molecule has 6 nitrogen and oxygen atoms in total. The van der Waals surface area contributed by atoms with Crippen LogP contribution in [0, 0.1) is 0 Å². The highest BCUT2D eigenvalue weighted by molar-refractivity contribution is 5.71. The highest BCUT2D eigenvalue weighted by Crippen LogP contribution is 2.18. The number of unbranched alkanes of at least 4 members (excludes halogenated alkanes) is 48. The van der Waals surface area contributed by atoms with Gasteiger partial charge < -0.3 is 14.2 Å². The van der Waals surface area contributed by atoms with Crippen LogP contribution in [0.25, 0.3) is 0 Å². The fourth-order valence-electron chi connectivity index (χ4n) is 10.9. The van der Waals surface area contributed by atoms with E-state index in [-0.39, 0.29) is 31.1 Å². The second-order valence-corrected chi connectivity index (χ2v) is 24.5. The molecule has 81 heavy (non-hydrogen) atoms. The van der Waals surface area contributed by atoms with E-state index in [4.69, 9.17) is 14.2 Å². The molecule has 0 saturated carbocycles. The van der Waals surface area contributed by atoms with Gasteiger partial charge in [-0.2, -0.15) is 0 Å². The van der Waals surface area contributed by atoms with E-state index in [1.165, 1.54) is 276 Å². The van der Waals surface area contributed by atoms with E-state index in [0.29, 0.717) is 19.3 Å². The van der Waals surface area contributed by atoms with Gasteiger partial charge >= 0.3 is 17.9 Å². The molecule has 0 spiro atoms. The van der Waals surface area contributed by atoms with E-state index in [1.54, 1.807) is 0 Å². The quantitative estimate of drug-likeness (QED) is 0.0261. The van der Waals surface area contributed by atoms with Gasteiger partial charge in [0.25, 0.3) is 0 Å². The van der Waals surface area contributed by atoms with Crippen LogP contribution in [0.2, 0.25) is 0 Å². The predicted molar refractivity (Wildman–Crippen MR) is 353 cm³/mol. The number of hydrogen-bond acceptors (Lipinski definition) is 6. The summed E-state index contributed by atoms with van der Waals surface area (Å²) >= 11 is 0. The molecule has 0 rings (SSSR count). The molecule has 0 saturated heterocycles. The van der Waals surface area contributed by atoms with Crippen LogP contribution in [0.1, 0.15) is 393 Å². The van der Waals surface area contributed by atoms with Gasteiger partial charge in [0.05, 0.1) is 0 Å². The minimum absolute atomic E-state index is 0.0693. The Kier molecular flexibility index (Phi) is 67.6. The van der Waals surface area contributed by atoms with Crippen molar-refractivity contribution < 1.29 is 28.6 Å². The lowest BCUT2D eigenvalue weighted by atomic mass is 10.0. The average Bonchev–Trinajstić information content (AvgIpc) is 3.47. The van der Waals surface area contributed by atoms with Gasteiger partial charge in [-0.1, -0.05) is 339 Å². The third kappa shape index (κ3) is 68.0. The van der Waals surface area contributed by atoms with Crippen LogP contribution < -0.4 is 0 Å². The Morgan fingerprint density at radius 3 is 0.679 bits per heavy atom. The minimum Gasteiger partial charge on any atom is -0.462 e. The lowest BCUT2D eigenvalue weighted by molar-refractivity contribution is -0.167. The van der Waals surface area contributed by atoms with E-state index < -0.39 is 6.10 Å². The number of rotatable bonds is 67. The Hall–Kier alpha value is -2.63. The van der Waals surface area contributed by atoms with E-state index in [2.05, 4.69) is 69.4 Å². The summed E-state index contributed by atoms with van der Waals surface area (Å²) in [5.74, 6) is -0.863. The zero-order chi connectivity index (χ0) is 58.5. The molecule has 0 aromatic carbocycles. The normalized spacial score (nSPS) is 12.3. The van der Waals surface area contributed by atoms with Gasteiger partial charge in [-0.25, -0.2) is 0 Å². The van der Waals surface area contributed by atoms with Crippen molar-refractivity contribution in [3.05, 3.63) is 48.6 Å². The van der Waals surface area contributed by atoms with Gasteiger partial charge in [0.1, 0.15) is 13.2 Å². The molecule has 0 heterocycles. The van der Waals surface area contributed by atoms with Crippen molar-refractivity contribution in [2.45, 2.75) is 399 Å². The summed E-state index contributed by atoms with van der Waals surface area (Å²) in [6, 6.07) is 0. The summed E-state index contributed by atoms with van der Waals surface area (Å²) in [5, 5.41) is 0. The zero-order valence-electron chi connectivity index (χ0n) is 54.6. The number of ether oxygens (including phenoxy) is 3. The number of carbonyl (C=O) groups excluding carboxylic acids is 3. The third-order valence-electron chi connectivity index (χ3n) is 16.3. The summed E-state index contributed by atoms with van der Waals surface area (Å²) in [5.41, 5.74) is 0. The largest absolute Gasteiger partial charge is 0.462 e. The van der Waals surface area contributed by atoms with Crippen molar-refractivity contribution in [3.63, 3.8) is 0 Å². The molecule has 0 aliphatic rings. The van der Waals surface area contributed by atoms with Crippen LogP contribution in [-0.4, -0.2) is 37.2 Å². The lowest BCUT2D eigenvalue weighted by Crippen LogP contribution is -2.30. The maximum atomic E-state index is 12.9. The third-order valence-corrected chi connectivity index (χ3v) is 16.3. The monoisotopic (exact) mass is 1140 g/mol. The van der Waals surface area contributed by atoms with Crippen molar-refractivity contribution in [1.29, 1.82) is 0 Å². The molecular formula is C75H138O6. The topological polar surface area (TPSA) is 78.9 Å². The van der Waals surface area contributed by atoms with Gasteiger partial charge in [-0.3, -0.25) is 14.4 Å². The molecule has 0 radical (unpaired) electrons. The van der Waals surface area contributed by atoms with Gasteiger partial charge in [0.15, 0.2) is 6.10 Å². The SMILES string of the molecule is CCCCCCC/C=C\C/C=C\CCCCCCCCCCCCCCCCCCCCCCCCCC(=O)OCC(COC(=O)CCCCCCC)OC(=O)CCCCCCCCCCCCC/C=C\C/C=C\CCCCCCC. The first kappa shape index (κ1) is 78.4. The fraction of sp³-hybridized carbons (Fsp3) is 0.853. The van der Waals surface area contributed by atoms with E-state index >= 15 is 0 Å². The first-order valence-electron chi connectivity index (χ1n) is 36.1. The Balaban J connectivity index is 3.88. The molecular weight excluding hydrogens is 997 g/mol. The van der Waals surface area contributed by atoms with Gasteiger partial charge in [-0.15, -0.1) is 0 Å². The Labute approximate surface area is 505 Å². The number of hydrogen-bond donors (Lipinski definition) is 0. The van der Waals surface area contributed by atoms with Crippen LogP contribution in [0.4, 0.5) is 0 Å². The maximum absolute atomic E-state index is 12.9. The molecule has 0 aromatic heterocycles. The lowest BCUT2D eigenvalue weighted by Gasteiger charge is -2.18. The van der Waals surface area contributed by atoms with Crippen LogP contribution in [-0.2, 0) is 28.6 Å². The number of allylic oxidation sites excluding steroid dienone is 8. The molecule has 474 valence electrons. The average molecular weight is 1140 g/mol. The van der Waals surface area contributed by atoms with Crippen LogP contribution in [0.15, 0.2) is 48.6 Å². The van der Waals surface area contributed by atoms with Gasteiger partial charge in [0, 0.05) is 19.3 Å². The van der Waals surface area contributed by atoms with Gasteiger partial charge in [0.2, 0.25) is 0 Å². The Bertz CT molecular complexity index is 1400. The second kappa shape index (κ2) is 69.9. The standard InChI is InChI=1S/C75H138O6/c1-4-7-10-13-15-17-19-21-23-25-27-29-31-32-33-34-35-36-37-38-39-40-41-42-44-45-47-49-51-53-55-57-59-62-65-68-74(77)80-71-72(70-79-73(76)67-64-61-12-9-6-3)81-75(78)69-66-63-60-58-56-54-52-50-48-46-43-30-28-26-24-22-20-18-16-14-11-8-5-2/h19-22,25-28,72H,4-18,23-24,29-71H2,1-3H3/b21-19-,22-20-,27-25-,28-26-. The highest BCUT2D eigenvalue weighted by atomic mass is 16.6. The molecule has 0 fully saturated rings. The van der Waals surface area contributed by atoms with Crippen molar-refractivity contribution in [2.24, 2.45) is 0 Å². The van der Waals surface area contributed by atoms with Crippen LogP contribution in [0.3, 0.4) is 0 Å². The summed E-state index contributed by atoms with van der Waals surface area (Å²) in [7, 11) is 0. The van der Waals surface area contributed by atoms with E-state index in [1.807, 2.05) is 0 Å². The number of esters is 3. The van der Waals surface area contributed by atoms with Crippen molar-refractivity contribution in [3.8, 4) is 0 Å². The first-order chi connectivity index (χ1) is 40.0. The predicted octanol–water partition coefficient (Wildman–Crippen LogP) is 24.9.